The summed E-state index contributed by atoms with van der Waals surface area (Å²) in [7, 11) is 0. The highest BCUT2D eigenvalue weighted by molar-refractivity contribution is 6.32. The Labute approximate surface area is 92.3 Å². The van der Waals surface area contributed by atoms with Crippen LogP contribution in [0.4, 0.5) is 0 Å². The topological polar surface area (TPSA) is 38.3 Å². The van der Waals surface area contributed by atoms with Crippen LogP contribution in [0, 0.1) is 0 Å². The third kappa shape index (κ3) is 1.27. The smallest absolute Gasteiger partial charge is 0.170 e. The predicted octanol–water partition coefficient (Wildman–Crippen LogP) is 1.97. The minimum Gasteiger partial charge on any atom is -0.406 e. The number of hydroxylamine groups is 1. The van der Waals surface area contributed by atoms with Gasteiger partial charge in [0.15, 0.2) is 5.75 Å². The maximum atomic E-state index is 11.0. The monoisotopic (exact) mass is 223 g/mol. The van der Waals surface area contributed by atoms with Gasteiger partial charge in [-0.3, -0.25) is 0 Å². The van der Waals surface area contributed by atoms with Gasteiger partial charge in [0.1, 0.15) is 6.29 Å². The van der Waals surface area contributed by atoms with Crippen molar-refractivity contribution in [3.8, 4) is 5.75 Å². The van der Waals surface area contributed by atoms with Crippen molar-refractivity contribution >= 4 is 17.9 Å². The second-order valence-corrected chi connectivity index (χ2v) is 4.55. The van der Waals surface area contributed by atoms with Crippen LogP contribution in [0.15, 0.2) is 12.1 Å². The first-order valence-electron chi connectivity index (χ1n) is 4.94. The molecule has 3 nitrogen and oxygen atoms in total. The maximum absolute atomic E-state index is 11.0. The highest BCUT2D eigenvalue weighted by Crippen LogP contribution is 2.48. The van der Waals surface area contributed by atoms with E-state index in [1.807, 2.05) is 12.1 Å². The van der Waals surface area contributed by atoms with Crippen LogP contribution in [0.3, 0.4) is 0 Å². The molecule has 0 unspecified atom stereocenters. The van der Waals surface area contributed by atoms with Crippen LogP contribution in [-0.4, -0.2) is 6.29 Å². The van der Waals surface area contributed by atoms with E-state index in [2.05, 4.69) is 5.48 Å². The lowest BCUT2D eigenvalue weighted by atomic mass is 9.95. The lowest BCUT2D eigenvalue weighted by molar-refractivity contribution is -0.109. The van der Waals surface area contributed by atoms with Gasteiger partial charge in [-0.1, -0.05) is 11.6 Å². The number of benzene rings is 1. The molecule has 0 radical (unpaired) electrons. The minimum absolute atomic E-state index is 0.263. The molecule has 0 amide bonds. The molecule has 1 aromatic carbocycles. The fourth-order valence-electron chi connectivity index (χ4n) is 1.98. The Hall–Kier alpha value is -1.06. The van der Waals surface area contributed by atoms with E-state index in [1.54, 1.807) is 0 Å². The summed E-state index contributed by atoms with van der Waals surface area (Å²) in [6, 6.07) is 3.86. The zero-order chi connectivity index (χ0) is 10.5. The lowest BCUT2D eigenvalue weighted by Gasteiger charge is -2.09. The second-order valence-electron chi connectivity index (χ2n) is 4.14. The first-order chi connectivity index (χ1) is 7.25. The molecule has 1 aromatic rings. The normalized spacial score (nSPS) is 20.6. The molecular formula is C11H10ClNO2. The van der Waals surface area contributed by atoms with E-state index >= 15 is 0 Å². The minimum atomic E-state index is -0.263. The van der Waals surface area contributed by atoms with Crippen molar-refractivity contribution in [3.05, 3.63) is 28.3 Å². The molecule has 1 aliphatic carbocycles. The van der Waals surface area contributed by atoms with Crippen LogP contribution in [-0.2, 0) is 16.8 Å². The Morgan fingerprint density at radius 3 is 2.93 bits per heavy atom. The van der Waals surface area contributed by atoms with Gasteiger partial charge in [-0.25, -0.2) is 0 Å². The van der Waals surface area contributed by atoms with Crippen LogP contribution in [0.1, 0.15) is 24.0 Å². The highest BCUT2D eigenvalue weighted by atomic mass is 35.5. The second kappa shape index (κ2) is 2.97. The molecule has 0 aromatic heterocycles. The molecule has 78 valence electrons. The zero-order valence-electron chi connectivity index (χ0n) is 8.05. The molecule has 1 aliphatic heterocycles. The molecule has 1 saturated carbocycles. The fraction of sp³-hybridized carbons (Fsp3) is 0.364. The Morgan fingerprint density at radius 2 is 2.27 bits per heavy atom. The van der Waals surface area contributed by atoms with Crippen molar-refractivity contribution in [1.82, 2.24) is 5.48 Å². The fourth-order valence-corrected chi connectivity index (χ4v) is 2.26. The molecule has 0 saturated heterocycles. The summed E-state index contributed by atoms with van der Waals surface area (Å²) in [6.45, 7) is 0.651. The average molecular weight is 224 g/mol. The number of halogens is 1. The van der Waals surface area contributed by atoms with E-state index in [0.29, 0.717) is 17.3 Å². The standard InChI is InChI=1S/C11H10ClNO2/c12-9-4-8(11(6-14)1-2-11)3-7-5-13-15-10(7)9/h3-4,6,13H,1-2,5H2. The quantitative estimate of drug-likeness (QED) is 0.779. The predicted molar refractivity (Wildman–Crippen MR) is 55.9 cm³/mol. The first kappa shape index (κ1) is 9.19. The van der Waals surface area contributed by atoms with Gasteiger partial charge < -0.3 is 9.63 Å². The van der Waals surface area contributed by atoms with Gasteiger partial charge in [0.2, 0.25) is 0 Å². The van der Waals surface area contributed by atoms with E-state index in [1.165, 1.54) is 0 Å². The Balaban J connectivity index is 2.11. The largest absolute Gasteiger partial charge is 0.406 e. The van der Waals surface area contributed by atoms with Gasteiger partial charge >= 0.3 is 0 Å². The molecule has 0 bridgehead atoms. The molecule has 15 heavy (non-hydrogen) atoms. The third-order valence-electron chi connectivity index (χ3n) is 3.15. The van der Waals surface area contributed by atoms with Crippen molar-refractivity contribution in [2.45, 2.75) is 24.8 Å². The summed E-state index contributed by atoms with van der Waals surface area (Å²) >= 11 is 6.08. The summed E-state index contributed by atoms with van der Waals surface area (Å²) in [5.74, 6) is 0.696. The van der Waals surface area contributed by atoms with Crippen LogP contribution < -0.4 is 10.3 Å². The lowest BCUT2D eigenvalue weighted by Crippen LogP contribution is -2.08. The number of rotatable bonds is 2. The summed E-state index contributed by atoms with van der Waals surface area (Å²) in [5.41, 5.74) is 4.56. The Morgan fingerprint density at radius 1 is 1.47 bits per heavy atom. The molecule has 1 N–H and O–H groups in total. The van der Waals surface area contributed by atoms with Gasteiger partial charge in [0, 0.05) is 5.56 Å². The van der Waals surface area contributed by atoms with Gasteiger partial charge in [-0.15, -0.1) is 0 Å². The Bertz CT molecular complexity index is 440. The summed E-state index contributed by atoms with van der Waals surface area (Å²) in [6.07, 6.45) is 2.90. The third-order valence-corrected chi connectivity index (χ3v) is 3.43. The Kier molecular flexibility index (Phi) is 1.82. The van der Waals surface area contributed by atoms with E-state index in [-0.39, 0.29) is 5.41 Å². The molecule has 4 heteroatoms. The molecule has 0 spiro atoms. The van der Waals surface area contributed by atoms with Crippen LogP contribution in [0.25, 0.3) is 0 Å². The van der Waals surface area contributed by atoms with Gasteiger partial charge in [-0.2, -0.15) is 5.48 Å². The van der Waals surface area contributed by atoms with E-state index < -0.39 is 0 Å². The number of nitrogens with one attached hydrogen (secondary N) is 1. The number of carbonyl (C=O) groups excluding carboxylic acids is 1. The number of hydrogen-bond acceptors (Lipinski definition) is 3. The molecule has 2 aliphatic rings. The van der Waals surface area contributed by atoms with Gasteiger partial charge in [0.05, 0.1) is 17.0 Å². The average Bonchev–Trinajstić information content (AvgIpc) is 2.90. The van der Waals surface area contributed by atoms with Gasteiger partial charge in [-0.05, 0) is 30.5 Å². The summed E-state index contributed by atoms with van der Waals surface area (Å²) in [4.78, 5) is 16.2. The van der Waals surface area contributed by atoms with Gasteiger partial charge in [0.25, 0.3) is 0 Å². The number of carbonyl (C=O) groups is 1. The van der Waals surface area contributed by atoms with E-state index in [0.717, 1.165) is 30.3 Å². The molecule has 1 heterocycles. The van der Waals surface area contributed by atoms with Crippen molar-refractivity contribution in [1.29, 1.82) is 0 Å². The van der Waals surface area contributed by atoms with Crippen LogP contribution >= 0.6 is 11.6 Å². The molecule has 0 atom stereocenters. The zero-order valence-corrected chi connectivity index (χ0v) is 8.80. The number of aldehydes is 1. The van der Waals surface area contributed by atoms with E-state index in [4.69, 9.17) is 16.4 Å². The van der Waals surface area contributed by atoms with E-state index in [9.17, 15) is 4.79 Å². The number of fused-ring (bicyclic) bond motifs is 1. The van der Waals surface area contributed by atoms with Crippen molar-refractivity contribution < 1.29 is 9.63 Å². The van der Waals surface area contributed by atoms with Crippen molar-refractivity contribution in [3.63, 3.8) is 0 Å². The summed E-state index contributed by atoms with van der Waals surface area (Å²) in [5, 5.41) is 0.584. The van der Waals surface area contributed by atoms with Crippen LogP contribution in [0.5, 0.6) is 5.75 Å². The SMILES string of the molecule is O=CC1(c2cc(Cl)c3c(c2)CNO3)CC1. The molecule has 1 fully saturated rings. The highest BCUT2D eigenvalue weighted by Gasteiger charge is 2.45. The summed E-state index contributed by atoms with van der Waals surface area (Å²) < 4.78 is 0. The first-order valence-corrected chi connectivity index (χ1v) is 5.32. The number of hydrogen-bond donors (Lipinski definition) is 1. The maximum Gasteiger partial charge on any atom is 0.170 e. The van der Waals surface area contributed by atoms with Crippen LogP contribution in [0.2, 0.25) is 5.02 Å². The molecule has 3 rings (SSSR count). The van der Waals surface area contributed by atoms with Crippen molar-refractivity contribution in [2.75, 3.05) is 0 Å². The van der Waals surface area contributed by atoms with Crippen molar-refractivity contribution in [2.24, 2.45) is 0 Å². The molecular weight excluding hydrogens is 214 g/mol.